The van der Waals surface area contributed by atoms with Gasteiger partial charge in [-0.2, -0.15) is 0 Å². The molecular formula is C14H11BrClF2N. The first kappa shape index (κ1) is 14.3. The molecule has 0 heterocycles. The van der Waals surface area contributed by atoms with Gasteiger partial charge in [-0.3, -0.25) is 0 Å². The highest BCUT2D eigenvalue weighted by atomic mass is 79.9. The summed E-state index contributed by atoms with van der Waals surface area (Å²) in [5, 5.41) is 3.30. The molecule has 5 heteroatoms. The summed E-state index contributed by atoms with van der Waals surface area (Å²) in [6.07, 6.45) is 0. The Hall–Kier alpha value is -1.13. The van der Waals surface area contributed by atoms with Gasteiger partial charge in [0.05, 0.1) is 15.2 Å². The molecular weight excluding hydrogens is 336 g/mol. The lowest BCUT2D eigenvalue weighted by atomic mass is 10.1. The standard InChI is InChI=1S/C14H11BrClF2N/c1-8(9-5-6-12(17)10(15)7-9)19-14-11(16)3-2-4-13(14)18/h2-8,19H,1H3. The van der Waals surface area contributed by atoms with E-state index >= 15 is 0 Å². The van der Waals surface area contributed by atoms with Crippen LogP contribution in [0.15, 0.2) is 40.9 Å². The summed E-state index contributed by atoms with van der Waals surface area (Å²) >= 11 is 9.07. The maximum Gasteiger partial charge on any atom is 0.147 e. The van der Waals surface area contributed by atoms with Gasteiger partial charge in [-0.05, 0) is 52.7 Å². The van der Waals surface area contributed by atoms with Crippen molar-refractivity contribution >= 4 is 33.2 Å². The molecule has 0 aliphatic heterocycles. The van der Waals surface area contributed by atoms with Gasteiger partial charge in [0.15, 0.2) is 0 Å². The van der Waals surface area contributed by atoms with Gasteiger partial charge in [-0.1, -0.05) is 23.7 Å². The summed E-state index contributed by atoms with van der Waals surface area (Å²) in [6, 6.07) is 8.95. The van der Waals surface area contributed by atoms with Crippen molar-refractivity contribution in [2.75, 3.05) is 5.32 Å². The second kappa shape index (κ2) is 5.88. The Balaban J connectivity index is 2.25. The number of halogens is 4. The molecule has 1 N–H and O–H groups in total. The predicted octanol–water partition coefficient (Wildman–Crippen LogP) is 5.55. The van der Waals surface area contributed by atoms with Crippen molar-refractivity contribution in [2.45, 2.75) is 13.0 Å². The minimum Gasteiger partial charge on any atom is -0.375 e. The molecule has 0 saturated heterocycles. The first-order valence-electron chi connectivity index (χ1n) is 5.64. The summed E-state index contributed by atoms with van der Waals surface area (Å²) in [6.45, 7) is 1.85. The van der Waals surface area contributed by atoms with E-state index in [4.69, 9.17) is 11.6 Å². The van der Waals surface area contributed by atoms with Gasteiger partial charge in [-0.25, -0.2) is 8.78 Å². The first-order chi connectivity index (χ1) is 8.99. The van der Waals surface area contributed by atoms with Gasteiger partial charge < -0.3 is 5.32 Å². The predicted molar refractivity (Wildman–Crippen MR) is 77.5 cm³/mol. The van der Waals surface area contributed by atoms with E-state index in [0.29, 0.717) is 9.50 Å². The quantitative estimate of drug-likeness (QED) is 0.768. The molecule has 2 rings (SSSR count). The fraction of sp³-hybridized carbons (Fsp3) is 0.143. The zero-order valence-corrected chi connectivity index (χ0v) is 12.4. The zero-order valence-electron chi connectivity index (χ0n) is 10.1. The van der Waals surface area contributed by atoms with Crippen LogP contribution in [-0.4, -0.2) is 0 Å². The summed E-state index contributed by atoms with van der Waals surface area (Å²) in [5.74, 6) is -0.750. The number of hydrogen-bond donors (Lipinski definition) is 1. The smallest absolute Gasteiger partial charge is 0.147 e. The SMILES string of the molecule is CC(Nc1c(F)cccc1Cl)c1ccc(F)c(Br)c1. The third-order valence-corrected chi connectivity index (χ3v) is 3.69. The van der Waals surface area contributed by atoms with Crippen molar-refractivity contribution in [2.24, 2.45) is 0 Å². The molecule has 2 aromatic rings. The van der Waals surface area contributed by atoms with Crippen molar-refractivity contribution < 1.29 is 8.78 Å². The van der Waals surface area contributed by atoms with Crippen molar-refractivity contribution in [3.63, 3.8) is 0 Å². The van der Waals surface area contributed by atoms with Crippen LogP contribution in [0.3, 0.4) is 0 Å². The van der Waals surface area contributed by atoms with Crippen LogP contribution in [0.2, 0.25) is 5.02 Å². The Morgan fingerprint density at radius 3 is 2.53 bits per heavy atom. The van der Waals surface area contributed by atoms with E-state index in [1.807, 2.05) is 6.92 Å². The van der Waals surface area contributed by atoms with Crippen LogP contribution in [0.5, 0.6) is 0 Å². The number of hydrogen-bond acceptors (Lipinski definition) is 1. The minimum atomic E-state index is -0.416. The maximum atomic E-state index is 13.7. The van der Waals surface area contributed by atoms with Gasteiger partial charge >= 0.3 is 0 Å². The molecule has 0 bridgehead atoms. The fourth-order valence-electron chi connectivity index (χ4n) is 1.72. The van der Waals surface area contributed by atoms with Gasteiger partial charge in [0.1, 0.15) is 11.6 Å². The van der Waals surface area contributed by atoms with E-state index in [2.05, 4.69) is 21.2 Å². The molecule has 0 aromatic heterocycles. The lowest BCUT2D eigenvalue weighted by Gasteiger charge is -2.17. The van der Waals surface area contributed by atoms with Crippen molar-refractivity contribution in [1.29, 1.82) is 0 Å². The van der Waals surface area contributed by atoms with Gasteiger partial charge in [0.25, 0.3) is 0 Å². The first-order valence-corrected chi connectivity index (χ1v) is 6.81. The largest absolute Gasteiger partial charge is 0.375 e. The lowest BCUT2D eigenvalue weighted by Crippen LogP contribution is -2.08. The van der Waals surface area contributed by atoms with Crippen LogP contribution in [-0.2, 0) is 0 Å². The summed E-state index contributed by atoms with van der Waals surface area (Å²) in [4.78, 5) is 0. The lowest BCUT2D eigenvalue weighted by molar-refractivity contribution is 0.618. The van der Waals surface area contributed by atoms with Crippen LogP contribution >= 0.6 is 27.5 Å². The van der Waals surface area contributed by atoms with Crippen molar-refractivity contribution in [3.8, 4) is 0 Å². The molecule has 0 fully saturated rings. The minimum absolute atomic E-state index is 0.203. The average molecular weight is 347 g/mol. The molecule has 0 saturated carbocycles. The molecule has 100 valence electrons. The third kappa shape index (κ3) is 3.25. The highest BCUT2D eigenvalue weighted by Gasteiger charge is 2.12. The zero-order chi connectivity index (χ0) is 14.0. The van der Waals surface area contributed by atoms with E-state index in [9.17, 15) is 8.78 Å². The highest BCUT2D eigenvalue weighted by molar-refractivity contribution is 9.10. The Morgan fingerprint density at radius 2 is 1.89 bits per heavy atom. The van der Waals surface area contributed by atoms with E-state index in [1.165, 1.54) is 12.1 Å². The average Bonchev–Trinajstić information content (AvgIpc) is 2.37. The number of rotatable bonds is 3. The molecule has 1 atom stereocenters. The topological polar surface area (TPSA) is 12.0 Å². The summed E-state index contributed by atoms with van der Waals surface area (Å²) in [5.41, 5.74) is 1.07. The Labute approximate surface area is 123 Å². The molecule has 0 aliphatic rings. The van der Waals surface area contributed by atoms with Crippen LogP contribution in [0, 0.1) is 11.6 Å². The molecule has 0 amide bonds. The van der Waals surface area contributed by atoms with Gasteiger partial charge in [0, 0.05) is 6.04 Å². The van der Waals surface area contributed by atoms with Crippen LogP contribution in [0.25, 0.3) is 0 Å². The molecule has 1 nitrogen and oxygen atoms in total. The monoisotopic (exact) mass is 345 g/mol. The second-order valence-electron chi connectivity index (χ2n) is 4.14. The Morgan fingerprint density at radius 1 is 1.16 bits per heavy atom. The third-order valence-electron chi connectivity index (χ3n) is 2.77. The molecule has 1 unspecified atom stereocenters. The van der Waals surface area contributed by atoms with Gasteiger partial charge in [0.2, 0.25) is 0 Å². The number of anilines is 1. The Kier molecular flexibility index (Phi) is 4.42. The van der Waals surface area contributed by atoms with Gasteiger partial charge in [-0.15, -0.1) is 0 Å². The molecule has 0 radical (unpaired) electrons. The van der Waals surface area contributed by atoms with E-state index in [0.717, 1.165) is 5.56 Å². The Bertz CT molecular complexity index is 584. The molecule has 0 spiro atoms. The van der Waals surface area contributed by atoms with E-state index in [1.54, 1.807) is 24.3 Å². The van der Waals surface area contributed by atoms with E-state index < -0.39 is 5.82 Å². The molecule has 0 aliphatic carbocycles. The second-order valence-corrected chi connectivity index (χ2v) is 5.40. The highest BCUT2D eigenvalue weighted by Crippen LogP contribution is 2.29. The van der Waals surface area contributed by atoms with E-state index in [-0.39, 0.29) is 17.5 Å². The number of nitrogens with one attached hydrogen (secondary N) is 1. The number of benzene rings is 2. The molecule has 19 heavy (non-hydrogen) atoms. The normalized spacial score (nSPS) is 12.3. The van der Waals surface area contributed by atoms with Crippen molar-refractivity contribution in [3.05, 3.63) is 63.1 Å². The van der Waals surface area contributed by atoms with Crippen molar-refractivity contribution in [1.82, 2.24) is 0 Å². The molecule has 2 aromatic carbocycles. The fourth-order valence-corrected chi connectivity index (χ4v) is 2.33. The summed E-state index contributed by atoms with van der Waals surface area (Å²) in [7, 11) is 0. The summed E-state index contributed by atoms with van der Waals surface area (Å²) < 4.78 is 27.2. The van der Waals surface area contributed by atoms with Crippen LogP contribution in [0.1, 0.15) is 18.5 Å². The van der Waals surface area contributed by atoms with Crippen LogP contribution in [0.4, 0.5) is 14.5 Å². The van der Waals surface area contributed by atoms with Crippen LogP contribution < -0.4 is 5.32 Å². The maximum absolute atomic E-state index is 13.7. The number of para-hydroxylation sites is 1.